The van der Waals surface area contributed by atoms with Crippen molar-refractivity contribution in [1.82, 2.24) is 4.98 Å². The Balaban J connectivity index is 2.27. The number of hydrogen-bond acceptors (Lipinski definition) is 3. The maximum absolute atomic E-state index is 12.5. The van der Waals surface area contributed by atoms with Crippen molar-refractivity contribution in [3.63, 3.8) is 0 Å². The van der Waals surface area contributed by atoms with Crippen molar-refractivity contribution in [2.24, 2.45) is 11.7 Å². The van der Waals surface area contributed by atoms with E-state index >= 15 is 0 Å². The van der Waals surface area contributed by atoms with Crippen LogP contribution in [0.4, 0.5) is 13.2 Å². The summed E-state index contributed by atoms with van der Waals surface area (Å²) in [5.74, 6) is 0.268. The van der Waals surface area contributed by atoms with Crippen molar-refractivity contribution in [2.75, 3.05) is 6.61 Å². The quantitative estimate of drug-likeness (QED) is 0.858. The van der Waals surface area contributed by atoms with E-state index in [-0.39, 0.29) is 16.4 Å². The van der Waals surface area contributed by atoms with Crippen molar-refractivity contribution in [1.29, 1.82) is 0 Å². The Morgan fingerprint density at radius 2 is 2.11 bits per heavy atom. The van der Waals surface area contributed by atoms with E-state index in [9.17, 15) is 13.2 Å². The summed E-state index contributed by atoms with van der Waals surface area (Å²) >= 11 is 4.76. The number of hydrogen-bond donors (Lipinski definition) is 1. The highest BCUT2D eigenvalue weighted by atomic mass is 32.1. The van der Waals surface area contributed by atoms with E-state index < -0.39 is 11.9 Å². The average molecular weight is 276 g/mol. The second-order valence-electron chi connectivity index (χ2n) is 4.17. The van der Waals surface area contributed by atoms with Crippen LogP contribution in [0.25, 0.3) is 0 Å². The fourth-order valence-electron chi connectivity index (χ4n) is 1.38. The maximum Gasteiger partial charge on any atom is 0.433 e. The van der Waals surface area contributed by atoms with E-state index in [1.54, 1.807) is 0 Å². The molecule has 1 aliphatic rings. The molecule has 0 atom stereocenters. The molecule has 0 unspecified atom stereocenters. The van der Waals surface area contributed by atoms with Gasteiger partial charge in [0, 0.05) is 0 Å². The van der Waals surface area contributed by atoms with E-state index in [0.717, 1.165) is 18.9 Å². The minimum absolute atomic E-state index is 0.0259. The summed E-state index contributed by atoms with van der Waals surface area (Å²) in [6, 6.07) is 2.04. The summed E-state index contributed by atoms with van der Waals surface area (Å²) in [7, 11) is 0. The summed E-state index contributed by atoms with van der Waals surface area (Å²) in [5.41, 5.74) is 4.65. The summed E-state index contributed by atoms with van der Waals surface area (Å²) in [6.07, 6.45) is -2.45. The van der Waals surface area contributed by atoms with Crippen LogP contribution in [0.2, 0.25) is 0 Å². The van der Waals surface area contributed by atoms with Gasteiger partial charge in [0.05, 0.1) is 12.2 Å². The van der Waals surface area contributed by atoms with Crippen LogP contribution in [0.1, 0.15) is 24.1 Å². The number of alkyl halides is 3. The molecule has 7 heteroatoms. The van der Waals surface area contributed by atoms with Crippen molar-refractivity contribution < 1.29 is 17.9 Å². The standard InChI is InChI=1S/C11H11F3N2OS/c12-11(13,14)8-4-3-7(9(15)18)10(16-8)17-5-6-1-2-6/h3-4,6H,1-2,5H2,(H2,15,18). The molecule has 2 rings (SSSR count). The van der Waals surface area contributed by atoms with Crippen LogP contribution in [-0.4, -0.2) is 16.6 Å². The molecule has 2 N–H and O–H groups in total. The van der Waals surface area contributed by atoms with Gasteiger partial charge in [0.25, 0.3) is 0 Å². The summed E-state index contributed by atoms with van der Waals surface area (Å²) < 4.78 is 42.9. The van der Waals surface area contributed by atoms with Gasteiger partial charge in [-0.2, -0.15) is 13.2 Å². The third-order valence-corrected chi connectivity index (χ3v) is 2.79. The largest absolute Gasteiger partial charge is 0.477 e. The molecule has 0 spiro atoms. The van der Waals surface area contributed by atoms with Gasteiger partial charge in [-0.3, -0.25) is 0 Å². The van der Waals surface area contributed by atoms with Gasteiger partial charge >= 0.3 is 6.18 Å². The molecule has 18 heavy (non-hydrogen) atoms. The average Bonchev–Trinajstić information content (AvgIpc) is 3.08. The Hall–Kier alpha value is -1.37. The molecule has 1 aliphatic carbocycles. The zero-order chi connectivity index (χ0) is 13.3. The second kappa shape index (κ2) is 4.72. The van der Waals surface area contributed by atoms with Gasteiger partial charge in [0.15, 0.2) is 0 Å². The molecule has 0 bridgehead atoms. The van der Waals surface area contributed by atoms with E-state index in [2.05, 4.69) is 4.98 Å². The molecule has 0 aliphatic heterocycles. The maximum atomic E-state index is 12.5. The smallest absolute Gasteiger partial charge is 0.433 e. The molecule has 3 nitrogen and oxygen atoms in total. The van der Waals surface area contributed by atoms with Crippen molar-refractivity contribution in [2.45, 2.75) is 19.0 Å². The van der Waals surface area contributed by atoms with Gasteiger partial charge in [-0.15, -0.1) is 0 Å². The van der Waals surface area contributed by atoms with Gasteiger partial charge < -0.3 is 10.5 Å². The van der Waals surface area contributed by atoms with Crippen LogP contribution in [0, 0.1) is 5.92 Å². The SMILES string of the molecule is NC(=S)c1ccc(C(F)(F)F)nc1OCC1CC1. The van der Waals surface area contributed by atoms with Gasteiger partial charge in [-0.25, -0.2) is 4.98 Å². The highest BCUT2D eigenvalue weighted by molar-refractivity contribution is 7.80. The minimum atomic E-state index is -4.51. The predicted octanol–water partition coefficient (Wildman–Crippen LogP) is 2.52. The molecule has 0 saturated heterocycles. The van der Waals surface area contributed by atoms with Crippen LogP contribution >= 0.6 is 12.2 Å². The second-order valence-corrected chi connectivity index (χ2v) is 4.61. The topological polar surface area (TPSA) is 48.1 Å². The Labute approximate surface area is 107 Å². The lowest BCUT2D eigenvalue weighted by Crippen LogP contribution is -2.16. The highest BCUT2D eigenvalue weighted by Gasteiger charge is 2.33. The summed E-state index contributed by atoms with van der Waals surface area (Å²) in [5, 5.41) is 0. The monoisotopic (exact) mass is 276 g/mol. The van der Waals surface area contributed by atoms with E-state index in [1.165, 1.54) is 6.07 Å². The molecular formula is C11H11F3N2OS. The number of halogens is 3. The number of aromatic nitrogens is 1. The Morgan fingerprint density at radius 1 is 1.44 bits per heavy atom. The molecule has 1 aromatic rings. The molecule has 98 valence electrons. The molecule has 1 aromatic heterocycles. The lowest BCUT2D eigenvalue weighted by atomic mass is 10.2. The Morgan fingerprint density at radius 3 is 2.61 bits per heavy atom. The molecule has 1 fully saturated rings. The third-order valence-electron chi connectivity index (χ3n) is 2.57. The van der Waals surface area contributed by atoms with E-state index in [0.29, 0.717) is 12.5 Å². The zero-order valence-electron chi connectivity index (χ0n) is 9.33. The predicted molar refractivity (Wildman–Crippen MR) is 63.3 cm³/mol. The fourth-order valence-corrected chi connectivity index (χ4v) is 1.53. The van der Waals surface area contributed by atoms with Crippen molar-refractivity contribution in [3.05, 3.63) is 23.4 Å². The molecule has 0 amide bonds. The Bertz CT molecular complexity index is 472. The van der Waals surface area contributed by atoms with Crippen LogP contribution < -0.4 is 10.5 Å². The van der Waals surface area contributed by atoms with Crippen LogP contribution in [0.3, 0.4) is 0 Å². The lowest BCUT2D eigenvalue weighted by molar-refractivity contribution is -0.141. The third kappa shape index (κ3) is 3.10. The van der Waals surface area contributed by atoms with Gasteiger partial charge in [-0.05, 0) is 30.9 Å². The molecule has 1 heterocycles. The number of pyridine rings is 1. The molecule has 1 saturated carbocycles. The molecular weight excluding hydrogens is 265 g/mol. The highest BCUT2D eigenvalue weighted by Crippen LogP contribution is 2.32. The molecule has 0 radical (unpaired) electrons. The number of ether oxygens (including phenoxy) is 1. The van der Waals surface area contributed by atoms with Gasteiger partial charge in [0.2, 0.25) is 5.88 Å². The first kappa shape index (κ1) is 13.1. The number of thiocarbonyl (C=S) groups is 1. The van der Waals surface area contributed by atoms with E-state index in [4.69, 9.17) is 22.7 Å². The van der Waals surface area contributed by atoms with E-state index in [1.807, 2.05) is 0 Å². The number of nitrogens with zero attached hydrogens (tertiary/aromatic N) is 1. The van der Waals surface area contributed by atoms with Crippen LogP contribution in [0.15, 0.2) is 12.1 Å². The first-order valence-corrected chi connectivity index (χ1v) is 5.79. The summed E-state index contributed by atoms with van der Waals surface area (Å²) in [6.45, 7) is 0.351. The van der Waals surface area contributed by atoms with Gasteiger partial charge in [0.1, 0.15) is 10.7 Å². The lowest BCUT2D eigenvalue weighted by Gasteiger charge is -2.12. The van der Waals surface area contributed by atoms with Crippen molar-refractivity contribution in [3.8, 4) is 5.88 Å². The number of nitrogens with two attached hydrogens (primary N) is 1. The summed E-state index contributed by atoms with van der Waals surface area (Å²) in [4.78, 5) is 3.42. The first-order chi connectivity index (χ1) is 8.38. The van der Waals surface area contributed by atoms with Crippen LogP contribution in [0.5, 0.6) is 5.88 Å². The normalized spacial score (nSPS) is 15.5. The van der Waals surface area contributed by atoms with Crippen LogP contribution in [-0.2, 0) is 6.18 Å². The number of rotatable bonds is 4. The fraction of sp³-hybridized carbons (Fsp3) is 0.455. The van der Waals surface area contributed by atoms with Crippen molar-refractivity contribution >= 4 is 17.2 Å². The van der Waals surface area contributed by atoms with Gasteiger partial charge in [-0.1, -0.05) is 12.2 Å². The Kier molecular flexibility index (Phi) is 3.43. The first-order valence-electron chi connectivity index (χ1n) is 5.39. The zero-order valence-corrected chi connectivity index (χ0v) is 10.1. The molecule has 0 aromatic carbocycles. The minimum Gasteiger partial charge on any atom is -0.477 e.